The highest BCUT2D eigenvalue weighted by atomic mass is 32.2. The lowest BCUT2D eigenvalue weighted by Crippen LogP contribution is -2.50. The maximum Gasteiger partial charge on any atom is 0.247 e. The molecule has 6 aromatic rings. The average Bonchev–Trinajstić information content (AvgIpc) is 0.832. The van der Waals surface area contributed by atoms with Crippen LogP contribution in [0.5, 0.6) is 0 Å². The van der Waals surface area contributed by atoms with Crippen molar-refractivity contribution in [2.45, 2.75) is 166 Å². The molecular weight excluding hydrogens is 1530 g/mol. The minimum Gasteiger partial charge on any atom is -0.369 e. The van der Waals surface area contributed by atoms with Crippen LogP contribution in [0, 0.1) is 0 Å². The number of nitrogens with one attached hydrogen (secondary N) is 3. The Hall–Kier alpha value is -8.97. The van der Waals surface area contributed by atoms with Crippen LogP contribution in [0.4, 0.5) is 5.69 Å². The van der Waals surface area contributed by atoms with E-state index in [9.17, 15) is 61.3 Å². The molecule has 0 radical (unpaired) electrons. The van der Waals surface area contributed by atoms with Gasteiger partial charge in [0.25, 0.3) is 0 Å². The lowest BCUT2D eigenvalue weighted by Gasteiger charge is -2.35. The van der Waals surface area contributed by atoms with Crippen molar-refractivity contribution in [3.05, 3.63) is 249 Å². The lowest BCUT2D eigenvalue weighted by molar-refractivity contribution is -0.127. The lowest BCUT2D eigenvalue weighted by atomic mass is 10.0. The first-order valence-corrected chi connectivity index (χ1v) is 45.1. The standard InChI is InChI=1S/C18H19NO3S.2C17H24N2O3S.C17H24N2O2S.C16H22N2O3S/c1-4-18(20)19-15-8-10-16(11-9-15)23(21,22)17-7-5-6-14(12-17)13(2)3;1-4-17(20)18-15-9-11-19(12-10-15)23(21,22)16-7-5-14(6-8-16)13(2)3;1-4-17(20)18-15-8-10-19(11-9-15)23(21,22)16-7-5-6-14(12-16)13(2)3;1-5-15(4)18-9-11-19(12-10-18)22(20,21)17-8-6-7-16(13-17)14(2)3;1-4-16(19)17-9-11-18(12-10-17)22(20,21)15-7-5-14(6-8-15)13(2)3/h4-13H,1H2,2-3H3,(H,19,20);4-8,13,15H,1,9-12H2,2-3H3,(H,18,20);4-7,12-13,15H,1,8-11H2,2-3H3,(H,18,20);5-8,13-14H,1,4,9-12H2,2-3H3;4-8,13H,1,9-12H2,2-3H3. The molecule has 4 fully saturated rings. The van der Waals surface area contributed by atoms with E-state index in [2.05, 4.69) is 102 Å². The van der Waals surface area contributed by atoms with E-state index < -0.39 is 49.9 Å². The summed E-state index contributed by atoms with van der Waals surface area (Å²) in [5.41, 5.74) is 6.62. The minimum absolute atomic E-state index is 0.00829. The zero-order valence-electron chi connectivity index (χ0n) is 66.8. The molecule has 612 valence electrons. The quantitative estimate of drug-likeness (QED) is 0.0375. The van der Waals surface area contributed by atoms with Crippen LogP contribution in [-0.2, 0) is 69.1 Å². The summed E-state index contributed by atoms with van der Waals surface area (Å²) in [6.07, 6.45) is 9.05. The average molecular weight is 1650 g/mol. The number of hydrogen-bond donors (Lipinski definition) is 3. The van der Waals surface area contributed by atoms with Crippen molar-refractivity contribution in [3.8, 4) is 0 Å². The van der Waals surface area contributed by atoms with Crippen molar-refractivity contribution in [1.82, 2.24) is 37.7 Å². The van der Waals surface area contributed by atoms with Gasteiger partial charge >= 0.3 is 0 Å². The van der Waals surface area contributed by atoms with Gasteiger partial charge in [-0.25, -0.2) is 42.1 Å². The number of benzene rings is 6. The van der Waals surface area contributed by atoms with Crippen LogP contribution in [-0.4, -0.2) is 183 Å². The van der Waals surface area contributed by atoms with Crippen molar-refractivity contribution >= 4 is 79.2 Å². The highest BCUT2D eigenvalue weighted by molar-refractivity contribution is 7.91. The molecule has 0 bridgehead atoms. The van der Waals surface area contributed by atoms with Crippen LogP contribution >= 0.6 is 0 Å². The van der Waals surface area contributed by atoms with Gasteiger partial charge in [-0.3, -0.25) is 19.2 Å². The molecule has 3 N–H and O–H groups in total. The van der Waals surface area contributed by atoms with E-state index in [1.54, 1.807) is 100 Å². The first kappa shape index (κ1) is 92.9. The summed E-state index contributed by atoms with van der Waals surface area (Å²) in [4.78, 5) is 50.9. The Morgan fingerprint density at radius 1 is 0.336 bits per heavy atom. The van der Waals surface area contributed by atoms with Crippen molar-refractivity contribution in [2.24, 2.45) is 0 Å². The Morgan fingerprint density at radius 3 is 0.956 bits per heavy atom. The minimum atomic E-state index is -3.58. The molecule has 113 heavy (non-hydrogen) atoms. The number of rotatable bonds is 24. The third kappa shape index (κ3) is 26.0. The number of piperazine rings is 2. The number of nitrogens with zero attached hydrogens (tertiary/aromatic N) is 6. The van der Waals surface area contributed by atoms with Crippen LogP contribution in [0.2, 0.25) is 0 Å². The predicted molar refractivity (Wildman–Crippen MR) is 449 cm³/mol. The number of piperidine rings is 2. The second-order valence-corrected chi connectivity index (χ2v) is 38.9. The summed E-state index contributed by atoms with van der Waals surface area (Å²) < 4.78 is 133. The maximum atomic E-state index is 12.8. The summed E-state index contributed by atoms with van der Waals surface area (Å²) in [5.74, 6) is 0.658. The summed E-state index contributed by atoms with van der Waals surface area (Å²) in [6, 6.07) is 41.6. The van der Waals surface area contributed by atoms with Crippen LogP contribution < -0.4 is 16.0 Å². The summed E-state index contributed by atoms with van der Waals surface area (Å²) in [7, 11) is -17.4. The van der Waals surface area contributed by atoms with Gasteiger partial charge in [-0.2, -0.15) is 17.2 Å². The molecule has 6 aromatic carbocycles. The van der Waals surface area contributed by atoms with Gasteiger partial charge in [-0.05, 0) is 198 Å². The van der Waals surface area contributed by atoms with Gasteiger partial charge in [0, 0.05) is 102 Å². The topological polar surface area (TPSA) is 295 Å². The fraction of sp³-hybridized carbons (Fsp3) is 0.388. The zero-order chi connectivity index (χ0) is 83.8. The molecule has 23 nitrogen and oxygen atoms in total. The fourth-order valence-electron chi connectivity index (χ4n) is 12.4. The van der Waals surface area contributed by atoms with Crippen molar-refractivity contribution in [3.63, 3.8) is 0 Å². The van der Waals surface area contributed by atoms with E-state index in [0.29, 0.717) is 147 Å². The largest absolute Gasteiger partial charge is 0.369 e. The molecule has 4 aliphatic rings. The number of anilines is 1. The van der Waals surface area contributed by atoms with Crippen molar-refractivity contribution in [2.75, 3.05) is 83.9 Å². The van der Waals surface area contributed by atoms with Crippen molar-refractivity contribution in [1.29, 1.82) is 0 Å². The third-order valence-corrected chi connectivity index (χ3v) is 29.1. The number of amides is 4. The predicted octanol–water partition coefficient (Wildman–Crippen LogP) is 12.9. The molecule has 4 amide bonds. The smallest absolute Gasteiger partial charge is 0.247 e. The molecule has 0 saturated carbocycles. The summed E-state index contributed by atoms with van der Waals surface area (Å²) in [5, 5.41) is 8.23. The normalized spacial score (nSPS) is 15.8. The fourth-order valence-corrected chi connectivity index (χ4v) is 19.6. The van der Waals surface area contributed by atoms with Gasteiger partial charge in [0.2, 0.25) is 73.6 Å². The first-order valence-electron chi connectivity index (χ1n) is 37.9. The molecule has 10 rings (SSSR count). The molecule has 0 aromatic heterocycles. The molecule has 4 heterocycles. The SMILES string of the molecule is C=CC(=C)N1CCN(S(=O)(=O)c2cccc(C(C)C)c2)CC1.C=CC(=O)N1CCN(S(=O)(=O)c2ccc(C(C)C)cc2)CC1.C=CC(=O)NC1CCN(S(=O)(=O)c2ccc(C(C)C)cc2)CC1.C=CC(=O)NC1CCN(S(=O)(=O)c2cccc(C(C)C)c2)CC1.C=CC(=O)Nc1ccc(S(=O)(=O)c2cccc(C(C)C)c2)cc1. The van der Waals surface area contributed by atoms with Gasteiger partial charge < -0.3 is 25.8 Å². The maximum absolute atomic E-state index is 12.8. The Morgan fingerprint density at radius 2 is 0.637 bits per heavy atom. The Bertz CT molecular complexity index is 4880. The molecule has 0 aliphatic carbocycles. The van der Waals surface area contributed by atoms with Gasteiger partial charge in [0.15, 0.2) is 0 Å². The van der Waals surface area contributed by atoms with Gasteiger partial charge in [0.1, 0.15) is 0 Å². The van der Waals surface area contributed by atoms with Crippen molar-refractivity contribution < 1.29 is 61.3 Å². The molecule has 0 unspecified atom stereocenters. The Kier molecular flexibility index (Phi) is 34.9. The van der Waals surface area contributed by atoms with E-state index in [-0.39, 0.29) is 57.3 Å². The molecule has 0 atom stereocenters. The van der Waals surface area contributed by atoms with Crippen LogP contribution in [0.25, 0.3) is 0 Å². The van der Waals surface area contributed by atoms with Crippen LogP contribution in [0.3, 0.4) is 0 Å². The molecule has 0 spiro atoms. The molecule has 4 aliphatic heterocycles. The van der Waals surface area contributed by atoms with Gasteiger partial charge in [-0.15, -0.1) is 0 Å². The van der Waals surface area contributed by atoms with Gasteiger partial charge in [0.05, 0.1) is 29.4 Å². The Labute approximate surface area is 672 Å². The number of carbonyl (C=O) groups excluding carboxylic acids is 4. The Balaban J connectivity index is 0.000000220. The van der Waals surface area contributed by atoms with E-state index >= 15 is 0 Å². The molecule has 4 saturated heterocycles. The van der Waals surface area contributed by atoms with E-state index in [1.807, 2.05) is 76.2 Å². The molecule has 28 heteroatoms. The number of carbonyl (C=O) groups is 4. The number of allylic oxidation sites excluding steroid dienone is 1. The summed E-state index contributed by atoms with van der Waals surface area (Å²) in [6.45, 7) is 47.1. The van der Waals surface area contributed by atoms with E-state index in [4.69, 9.17) is 0 Å². The third-order valence-electron chi connectivity index (χ3n) is 19.7. The van der Waals surface area contributed by atoms with E-state index in [0.717, 1.165) is 39.6 Å². The van der Waals surface area contributed by atoms with Crippen LogP contribution in [0.15, 0.2) is 251 Å². The monoisotopic (exact) mass is 1640 g/mol. The second kappa shape index (κ2) is 42.4. The zero-order valence-corrected chi connectivity index (χ0v) is 70.9. The highest BCUT2D eigenvalue weighted by Crippen LogP contribution is 2.30. The molecular formula is C85H113N9O14S5. The first-order chi connectivity index (χ1) is 53.2. The number of sulfonamides is 4. The second-order valence-electron chi connectivity index (χ2n) is 29.2. The number of sulfone groups is 1. The summed E-state index contributed by atoms with van der Waals surface area (Å²) >= 11 is 0. The number of hydrogen-bond acceptors (Lipinski definition) is 15. The van der Waals surface area contributed by atoms with Gasteiger partial charge in [-0.1, -0.05) is 169 Å². The highest BCUT2D eigenvalue weighted by Gasteiger charge is 2.34. The van der Waals surface area contributed by atoms with E-state index in [1.165, 1.54) is 43.3 Å². The van der Waals surface area contributed by atoms with Crippen LogP contribution in [0.1, 0.15) is 152 Å².